The largest absolute Gasteiger partial charge is 0.368 e. The van der Waals surface area contributed by atoms with Gasteiger partial charge in [-0.15, -0.1) is 6.58 Å². The minimum absolute atomic E-state index is 0.0971. The van der Waals surface area contributed by atoms with Crippen LogP contribution in [0.15, 0.2) is 65.7 Å². The van der Waals surface area contributed by atoms with E-state index in [-0.39, 0.29) is 5.78 Å². The Morgan fingerprint density at radius 2 is 1.85 bits per heavy atom. The third-order valence-corrected chi connectivity index (χ3v) is 4.38. The highest BCUT2D eigenvalue weighted by molar-refractivity contribution is 9.10. The van der Waals surface area contributed by atoms with Crippen LogP contribution >= 0.6 is 15.9 Å². The van der Waals surface area contributed by atoms with Crippen molar-refractivity contribution in [3.63, 3.8) is 0 Å². The topological polar surface area (TPSA) is 29.1 Å². The lowest BCUT2D eigenvalue weighted by molar-refractivity contribution is 0.0918. The molecule has 0 amide bonds. The van der Waals surface area contributed by atoms with Crippen molar-refractivity contribution in [2.45, 2.75) is 12.0 Å². The van der Waals surface area contributed by atoms with E-state index in [1.165, 1.54) is 0 Å². The summed E-state index contributed by atoms with van der Waals surface area (Å²) in [4.78, 5) is 12.9. The van der Waals surface area contributed by atoms with Gasteiger partial charge in [-0.25, -0.2) is 0 Å². The van der Waals surface area contributed by atoms with Gasteiger partial charge in [0.1, 0.15) is 5.54 Å². The van der Waals surface area contributed by atoms with Gasteiger partial charge in [0.25, 0.3) is 0 Å². The van der Waals surface area contributed by atoms with E-state index < -0.39 is 5.54 Å². The first kappa shape index (κ1) is 13.1. The van der Waals surface area contributed by atoms with Crippen LogP contribution in [0, 0.1) is 0 Å². The summed E-state index contributed by atoms with van der Waals surface area (Å²) in [6, 6.07) is 15.5. The van der Waals surface area contributed by atoms with Crippen LogP contribution in [0.25, 0.3) is 0 Å². The van der Waals surface area contributed by atoms with Crippen molar-refractivity contribution < 1.29 is 4.79 Å². The Kier molecular flexibility index (Phi) is 3.22. The molecule has 0 saturated heterocycles. The Balaban J connectivity index is 2.20. The van der Waals surface area contributed by atoms with Gasteiger partial charge in [0.05, 0.1) is 0 Å². The molecule has 1 atom stereocenters. The number of Topliss-reactive ketones (excluding diaryl/α,β-unsaturated/α-hetero) is 1. The van der Waals surface area contributed by atoms with E-state index in [0.717, 1.165) is 21.3 Å². The molecule has 3 rings (SSSR count). The van der Waals surface area contributed by atoms with Crippen LogP contribution < -0.4 is 5.32 Å². The number of carbonyl (C=O) groups excluding carboxylic acids is 1. The first-order chi connectivity index (χ1) is 9.69. The monoisotopic (exact) mass is 327 g/mol. The summed E-state index contributed by atoms with van der Waals surface area (Å²) in [6.07, 6.45) is 2.33. The third kappa shape index (κ3) is 1.81. The molecule has 2 nitrogen and oxygen atoms in total. The van der Waals surface area contributed by atoms with E-state index in [4.69, 9.17) is 0 Å². The fourth-order valence-corrected chi connectivity index (χ4v) is 3.40. The van der Waals surface area contributed by atoms with E-state index in [0.29, 0.717) is 6.42 Å². The van der Waals surface area contributed by atoms with E-state index in [1.807, 2.05) is 48.5 Å². The SMILES string of the molecule is C=CC[C@@]1(c2ccccc2Br)Nc2ccccc2C1=O. The van der Waals surface area contributed by atoms with E-state index in [9.17, 15) is 4.79 Å². The predicted octanol–water partition coefficient (Wildman–Crippen LogP) is 4.53. The summed E-state index contributed by atoms with van der Waals surface area (Å²) in [5.41, 5.74) is 1.81. The molecule has 0 aliphatic carbocycles. The van der Waals surface area contributed by atoms with Crippen LogP contribution in [-0.2, 0) is 5.54 Å². The number of ketones is 1. The Hall–Kier alpha value is -1.87. The summed E-state index contributed by atoms with van der Waals surface area (Å²) in [5.74, 6) is 0.0971. The summed E-state index contributed by atoms with van der Waals surface area (Å²) in [6.45, 7) is 3.81. The number of carbonyl (C=O) groups is 1. The zero-order valence-corrected chi connectivity index (χ0v) is 12.5. The lowest BCUT2D eigenvalue weighted by Gasteiger charge is -2.29. The zero-order chi connectivity index (χ0) is 14.2. The molecule has 1 aliphatic rings. The normalized spacial score (nSPS) is 20.4. The second-order valence-electron chi connectivity index (χ2n) is 4.88. The molecule has 100 valence electrons. The molecule has 20 heavy (non-hydrogen) atoms. The van der Waals surface area contributed by atoms with Crippen LogP contribution in [0.1, 0.15) is 22.3 Å². The molecular formula is C17H14BrNO. The van der Waals surface area contributed by atoms with Crippen molar-refractivity contribution >= 4 is 27.4 Å². The number of halogens is 1. The first-order valence-electron chi connectivity index (χ1n) is 6.47. The fraction of sp³-hybridized carbons (Fsp3) is 0.118. The van der Waals surface area contributed by atoms with Gasteiger partial charge in [0, 0.05) is 15.7 Å². The Morgan fingerprint density at radius 1 is 1.15 bits per heavy atom. The number of hydrogen-bond acceptors (Lipinski definition) is 2. The molecule has 0 saturated carbocycles. The number of rotatable bonds is 3. The predicted molar refractivity (Wildman–Crippen MR) is 85.0 cm³/mol. The lowest BCUT2D eigenvalue weighted by atomic mass is 9.83. The number of hydrogen-bond donors (Lipinski definition) is 1. The highest BCUT2D eigenvalue weighted by Crippen LogP contribution is 2.43. The molecule has 3 heteroatoms. The fourth-order valence-electron chi connectivity index (χ4n) is 2.77. The maximum Gasteiger partial charge on any atom is 0.195 e. The minimum atomic E-state index is -0.758. The number of fused-ring (bicyclic) bond motifs is 1. The molecular weight excluding hydrogens is 314 g/mol. The van der Waals surface area contributed by atoms with Gasteiger partial charge in [0.2, 0.25) is 0 Å². The van der Waals surface area contributed by atoms with Crippen LogP contribution in [0.4, 0.5) is 5.69 Å². The van der Waals surface area contributed by atoms with Crippen molar-refractivity contribution in [2.75, 3.05) is 5.32 Å². The average Bonchev–Trinajstić information content (AvgIpc) is 2.74. The molecule has 0 fully saturated rings. The van der Waals surface area contributed by atoms with Gasteiger partial charge >= 0.3 is 0 Å². The van der Waals surface area contributed by atoms with Crippen molar-refractivity contribution in [3.8, 4) is 0 Å². The highest BCUT2D eigenvalue weighted by Gasteiger charge is 2.46. The molecule has 0 spiro atoms. The minimum Gasteiger partial charge on any atom is -0.368 e. The van der Waals surface area contributed by atoms with Gasteiger partial charge in [-0.05, 0) is 30.2 Å². The van der Waals surface area contributed by atoms with Gasteiger partial charge in [-0.2, -0.15) is 0 Å². The van der Waals surface area contributed by atoms with Gasteiger partial charge in [0.15, 0.2) is 5.78 Å². The Morgan fingerprint density at radius 3 is 2.55 bits per heavy atom. The van der Waals surface area contributed by atoms with Crippen molar-refractivity contribution in [3.05, 3.63) is 76.8 Å². The van der Waals surface area contributed by atoms with E-state index >= 15 is 0 Å². The van der Waals surface area contributed by atoms with E-state index in [2.05, 4.69) is 27.8 Å². The van der Waals surface area contributed by atoms with Gasteiger partial charge in [-0.3, -0.25) is 4.79 Å². The Labute approximate surface area is 126 Å². The van der Waals surface area contributed by atoms with Crippen molar-refractivity contribution in [2.24, 2.45) is 0 Å². The molecule has 0 radical (unpaired) electrons. The molecule has 1 N–H and O–H groups in total. The van der Waals surface area contributed by atoms with Crippen LogP contribution in [0.5, 0.6) is 0 Å². The number of nitrogens with one attached hydrogen (secondary N) is 1. The van der Waals surface area contributed by atoms with Gasteiger partial charge < -0.3 is 5.32 Å². The van der Waals surface area contributed by atoms with Crippen LogP contribution in [0.2, 0.25) is 0 Å². The molecule has 1 heterocycles. The molecule has 2 aromatic rings. The summed E-state index contributed by atoms with van der Waals surface area (Å²) in [5, 5.41) is 3.40. The smallest absolute Gasteiger partial charge is 0.195 e. The summed E-state index contributed by atoms with van der Waals surface area (Å²) >= 11 is 3.56. The maximum absolute atomic E-state index is 12.9. The zero-order valence-electron chi connectivity index (χ0n) is 10.9. The molecule has 1 aliphatic heterocycles. The van der Waals surface area contributed by atoms with Crippen molar-refractivity contribution in [1.29, 1.82) is 0 Å². The van der Waals surface area contributed by atoms with E-state index in [1.54, 1.807) is 6.08 Å². The molecule has 0 unspecified atom stereocenters. The summed E-state index contributed by atoms with van der Waals surface area (Å²) < 4.78 is 0.926. The lowest BCUT2D eigenvalue weighted by Crippen LogP contribution is -2.38. The number of anilines is 1. The molecule has 0 aromatic heterocycles. The van der Waals surface area contributed by atoms with Gasteiger partial charge in [-0.1, -0.05) is 52.3 Å². The second-order valence-corrected chi connectivity index (χ2v) is 5.73. The van der Waals surface area contributed by atoms with Crippen LogP contribution in [-0.4, -0.2) is 5.78 Å². The molecule has 0 bridgehead atoms. The summed E-state index contributed by atoms with van der Waals surface area (Å²) in [7, 11) is 0. The Bertz CT molecular complexity index is 695. The standard InChI is InChI=1S/C17H14BrNO/c1-2-11-17(13-8-4-5-9-14(13)18)16(20)12-7-3-6-10-15(12)19-17/h2-10,19H,1,11H2/t17-/m0/s1. The van der Waals surface area contributed by atoms with Crippen LogP contribution in [0.3, 0.4) is 0 Å². The third-order valence-electron chi connectivity index (χ3n) is 3.69. The number of benzene rings is 2. The first-order valence-corrected chi connectivity index (χ1v) is 7.26. The quantitative estimate of drug-likeness (QED) is 0.839. The molecule has 2 aromatic carbocycles. The second kappa shape index (κ2) is 4.91. The maximum atomic E-state index is 12.9. The average molecular weight is 328 g/mol. The van der Waals surface area contributed by atoms with Crippen molar-refractivity contribution in [1.82, 2.24) is 0 Å². The number of para-hydroxylation sites is 1. The highest BCUT2D eigenvalue weighted by atomic mass is 79.9.